The topological polar surface area (TPSA) is 117 Å². The van der Waals surface area contributed by atoms with Crippen molar-refractivity contribution in [2.24, 2.45) is 0 Å². The van der Waals surface area contributed by atoms with Crippen LogP contribution in [0.15, 0.2) is 36.5 Å². The number of ether oxygens (including phenoxy) is 1. The van der Waals surface area contributed by atoms with E-state index in [2.05, 4.69) is 26.1 Å². The van der Waals surface area contributed by atoms with E-state index in [1.165, 1.54) is 13.3 Å². The van der Waals surface area contributed by atoms with Crippen LogP contribution in [0.3, 0.4) is 0 Å². The van der Waals surface area contributed by atoms with Crippen LogP contribution in [0.5, 0.6) is 5.88 Å². The van der Waals surface area contributed by atoms with Crippen molar-refractivity contribution in [3.05, 3.63) is 47.7 Å². The van der Waals surface area contributed by atoms with Gasteiger partial charge in [0, 0.05) is 5.69 Å². The number of sulfonamides is 1. The molecule has 3 aromatic rings. The lowest BCUT2D eigenvalue weighted by Crippen LogP contribution is -2.17. The standard InChI is InChI=1S/C20H21N5O3S/c1-4-10-29(26,27)25-16-7-5-6-15(13(16)2)23-17-8-9-18-20(14(17)11-21)24-19(28-3)12-22-18/h5-9,12,23,25H,4,10H2,1-3H3. The molecule has 0 aliphatic carbocycles. The lowest BCUT2D eigenvalue weighted by molar-refractivity contribution is 0.397. The van der Waals surface area contributed by atoms with Gasteiger partial charge in [-0.2, -0.15) is 5.26 Å². The fourth-order valence-corrected chi connectivity index (χ4v) is 4.09. The molecule has 0 saturated carbocycles. The van der Waals surface area contributed by atoms with E-state index < -0.39 is 10.0 Å². The minimum atomic E-state index is -3.41. The number of rotatable bonds is 7. The third kappa shape index (κ3) is 4.38. The lowest BCUT2D eigenvalue weighted by Gasteiger charge is -2.16. The van der Waals surface area contributed by atoms with Gasteiger partial charge in [0.25, 0.3) is 0 Å². The first-order chi connectivity index (χ1) is 13.9. The largest absolute Gasteiger partial charge is 0.480 e. The van der Waals surface area contributed by atoms with Crippen LogP contribution < -0.4 is 14.8 Å². The number of methoxy groups -OCH3 is 1. The van der Waals surface area contributed by atoms with Crippen LogP contribution in [0.4, 0.5) is 17.1 Å². The predicted molar refractivity (Wildman–Crippen MR) is 113 cm³/mol. The Hall–Kier alpha value is -3.38. The Balaban J connectivity index is 2.01. The molecule has 0 radical (unpaired) electrons. The number of aromatic nitrogens is 2. The number of fused-ring (bicyclic) bond motifs is 1. The van der Waals surface area contributed by atoms with Crippen LogP contribution in [0.1, 0.15) is 24.5 Å². The molecule has 29 heavy (non-hydrogen) atoms. The number of hydrogen-bond acceptors (Lipinski definition) is 7. The molecule has 150 valence electrons. The summed E-state index contributed by atoms with van der Waals surface area (Å²) in [7, 11) is -1.92. The summed E-state index contributed by atoms with van der Waals surface area (Å²) in [5.41, 5.74) is 3.75. The number of hydrogen-bond donors (Lipinski definition) is 2. The Bertz CT molecular complexity index is 1200. The number of nitrogens with zero attached hydrogens (tertiary/aromatic N) is 3. The maximum atomic E-state index is 12.1. The molecule has 0 fully saturated rings. The molecular weight excluding hydrogens is 390 g/mol. The van der Waals surface area contributed by atoms with Crippen molar-refractivity contribution < 1.29 is 13.2 Å². The van der Waals surface area contributed by atoms with E-state index >= 15 is 0 Å². The van der Waals surface area contributed by atoms with Gasteiger partial charge in [-0.3, -0.25) is 4.72 Å². The second-order valence-corrected chi connectivity index (χ2v) is 8.25. The van der Waals surface area contributed by atoms with Gasteiger partial charge in [0.05, 0.1) is 36.0 Å². The smallest absolute Gasteiger partial charge is 0.232 e. The summed E-state index contributed by atoms with van der Waals surface area (Å²) in [6, 6.07) is 10.9. The zero-order valence-electron chi connectivity index (χ0n) is 16.4. The van der Waals surface area contributed by atoms with E-state index in [4.69, 9.17) is 4.74 Å². The van der Waals surface area contributed by atoms with Gasteiger partial charge in [-0.05, 0) is 43.2 Å². The van der Waals surface area contributed by atoms with Gasteiger partial charge >= 0.3 is 0 Å². The number of benzene rings is 2. The quantitative estimate of drug-likeness (QED) is 0.608. The molecule has 0 atom stereocenters. The lowest BCUT2D eigenvalue weighted by atomic mass is 10.1. The van der Waals surface area contributed by atoms with E-state index in [0.717, 1.165) is 0 Å². The molecule has 0 unspecified atom stereocenters. The molecule has 0 amide bonds. The molecule has 3 rings (SSSR count). The van der Waals surface area contributed by atoms with Gasteiger partial charge in [-0.1, -0.05) is 13.0 Å². The maximum absolute atomic E-state index is 12.1. The molecule has 8 nitrogen and oxygen atoms in total. The average molecular weight is 411 g/mol. The Labute approximate surface area is 169 Å². The van der Waals surface area contributed by atoms with Crippen LogP contribution in [-0.4, -0.2) is 31.2 Å². The highest BCUT2D eigenvalue weighted by Gasteiger charge is 2.15. The van der Waals surface area contributed by atoms with Gasteiger partial charge < -0.3 is 10.1 Å². The van der Waals surface area contributed by atoms with E-state index in [1.54, 1.807) is 24.3 Å². The van der Waals surface area contributed by atoms with Crippen molar-refractivity contribution in [1.29, 1.82) is 5.26 Å². The zero-order chi connectivity index (χ0) is 21.0. The third-order valence-electron chi connectivity index (χ3n) is 4.36. The van der Waals surface area contributed by atoms with Crippen molar-refractivity contribution in [2.45, 2.75) is 20.3 Å². The summed E-state index contributed by atoms with van der Waals surface area (Å²) in [4.78, 5) is 8.59. The Morgan fingerprint density at radius 3 is 2.62 bits per heavy atom. The molecule has 1 aromatic heterocycles. The highest BCUT2D eigenvalue weighted by atomic mass is 32.2. The molecular formula is C20H21N5O3S. The summed E-state index contributed by atoms with van der Waals surface area (Å²) in [5, 5.41) is 12.9. The normalized spacial score (nSPS) is 11.1. The van der Waals surface area contributed by atoms with Crippen LogP contribution >= 0.6 is 0 Å². The zero-order valence-corrected chi connectivity index (χ0v) is 17.2. The minimum Gasteiger partial charge on any atom is -0.480 e. The van der Waals surface area contributed by atoms with Gasteiger partial charge in [-0.15, -0.1) is 0 Å². The van der Waals surface area contributed by atoms with Crippen molar-refractivity contribution in [1.82, 2.24) is 9.97 Å². The molecule has 2 aromatic carbocycles. The van der Waals surface area contributed by atoms with Crippen LogP contribution in [0.25, 0.3) is 11.0 Å². The fraction of sp³-hybridized carbons (Fsp3) is 0.250. The van der Waals surface area contributed by atoms with Crippen molar-refractivity contribution >= 4 is 38.1 Å². The van der Waals surface area contributed by atoms with Crippen molar-refractivity contribution in [3.63, 3.8) is 0 Å². The third-order valence-corrected chi connectivity index (χ3v) is 5.83. The molecule has 0 spiro atoms. The van der Waals surface area contributed by atoms with Gasteiger partial charge in [0.1, 0.15) is 17.1 Å². The minimum absolute atomic E-state index is 0.0495. The second kappa shape index (κ2) is 8.32. The molecule has 1 heterocycles. The summed E-state index contributed by atoms with van der Waals surface area (Å²) < 4.78 is 32.0. The van der Waals surface area contributed by atoms with E-state index in [0.29, 0.717) is 51.5 Å². The van der Waals surface area contributed by atoms with Crippen molar-refractivity contribution in [3.8, 4) is 11.9 Å². The Kier molecular flexibility index (Phi) is 5.84. The van der Waals surface area contributed by atoms with Gasteiger partial charge in [0.15, 0.2) is 0 Å². The summed E-state index contributed by atoms with van der Waals surface area (Å²) in [5.74, 6) is 0.364. The van der Waals surface area contributed by atoms with Gasteiger partial charge in [-0.25, -0.2) is 18.4 Å². The first-order valence-corrected chi connectivity index (χ1v) is 10.6. The van der Waals surface area contributed by atoms with Crippen LogP contribution in [-0.2, 0) is 10.0 Å². The second-order valence-electron chi connectivity index (χ2n) is 6.40. The number of nitriles is 1. The average Bonchev–Trinajstić information content (AvgIpc) is 2.70. The Morgan fingerprint density at radius 2 is 1.93 bits per heavy atom. The van der Waals surface area contributed by atoms with Gasteiger partial charge in [0.2, 0.25) is 15.9 Å². The van der Waals surface area contributed by atoms with E-state index in [-0.39, 0.29) is 5.75 Å². The highest BCUT2D eigenvalue weighted by Crippen LogP contribution is 2.31. The van der Waals surface area contributed by atoms with E-state index in [9.17, 15) is 13.7 Å². The molecule has 9 heteroatoms. The number of nitrogens with one attached hydrogen (secondary N) is 2. The van der Waals surface area contributed by atoms with Crippen molar-refractivity contribution in [2.75, 3.05) is 22.9 Å². The Morgan fingerprint density at radius 1 is 1.17 bits per heavy atom. The molecule has 0 aliphatic heterocycles. The first-order valence-electron chi connectivity index (χ1n) is 8.99. The molecule has 0 saturated heterocycles. The maximum Gasteiger partial charge on any atom is 0.232 e. The molecule has 0 aliphatic rings. The predicted octanol–water partition coefficient (Wildman–Crippen LogP) is 3.71. The van der Waals surface area contributed by atoms with E-state index in [1.807, 2.05) is 19.9 Å². The van der Waals surface area contributed by atoms with Crippen LogP contribution in [0, 0.1) is 18.3 Å². The summed E-state index contributed by atoms with van der Waals surface area (Å²) >= 11 is 0. The monoisotopic (exact) mass is 411 g/mol. The first kappa shape index (κ1) is 20.4. The number of anilines is 3. The highest BCUT2D eigenvalue weighted by molar-refractivity contribution is 7.92. The fourth-order valence-electron chi connectivity index (χ4n) is 2.89. The SMILES string of the molecule is CCCS(=O)(=O)Nc1cccc(Nc2ccc3ncc(OC)nc3c2C#N)c1C. The summed E-state index contributed by atoms with van der Waals surface area (Å²) in [6.07, 6.45) is 2.02. The van der Waals surface area contributed by atoms with Crippen LogP contribution in [0.2, 0.25) is 0 Å². The summed E-state index contributed by atoms with van der Waals surface area (Å²) in [6.45, 7) is 3.62. The molecule has 0 bridgehead atoms. The molecule has 2 N–H and O–H groups in total.